The monoisotopic (exact) mass is 288 g/mol. The maximum atomic E-state index is 12.6. The van der Waals surface area contributed by atoms with Crippen LogP contribution in [0.5, 0.6) is 0 Å². The molecule has 0 spiro atoms. The SMILES string of the molecule is CCC(C)C(N)C(=O)Nc1cc(C(F)(F)F)ccc1C. The van der Waals surface area contributed by atoms with E-state index in [1.54, 1.807) is 6.92 Å². The molecule has 0 bridgehead atoms. The predicted octanol–water partition coefficient (Wildman–Crippen LogP) is 3.33. The summed E-state index contributed by atoms with van der Waals surface area (Å²) >= 11 is 0. The standard InChI is InChI=1S/C14H19F3N2O/c1-4-8(2)12(18)13(20)19-11-7-10(14(15,16)17)6-5-9(11)3/h5-8,12H,4,18H2,1-3H3,(H,19,20). The van der Waals surface area contributed by atoms with Gasteiger partial charge in [-0.05, 0) is 30.5 Å². The first-order valence-electron chi connectivity index (χ1n) is 6.41. The smallest absolute Gasteiger partial charge is 0.324 e. The van der Waals surface area contributed by atoms with Gasteiger partial charge < -0.3 is 11.1 Å². The van der Waals surface area contributed by atoms with Crippen LogP contribution < -0.4 is 11.1 Å². The first-order valence-corrected chi connectivity index (χ1v) is 6.41. The molecule has 6 heteroatoms. The highest BCUT2D eigenvalue weighted by atomic mass is 19.4. The molecule has 0 saturated carbocycles. The highest BCUT2D eigenvalue weighted by molar-refractivity contribution is 5.95. The second-order valence-electron chi connectivity index (χ2n) is 4.93. The van der Waals surface area contributed by atoms with Crippen molar-refractivity contribution in [1.29, 1.82) is 0 Å². The van der Waals surface area contributed by atoms with Gasteiger partial charge in [-0.3, -0.25) is 4.79 Å². The molecule has 0 aromatic heterocycles. The lowest BCUT2D eigenvalue weighted by Crippen LogP contribution is -2.40. The molecule has 2 unspecified atom stereocenters. The molecule has 20 heavy (non-hydrogen) atoms. The Balaban J connectivity index is 2.95. The minimum Gasteiger partial charge on any atom is -0.324 e. The minimum atomic E-state index is -4.44. The fraction of sp³-hybridized carbons (Fsp3) is 0.500. The van der Waals surface area contributed by atoms with Crippen LogP contribution in [0.2, 0.25) is 0 Å². The Kier molecular flexibility index (Phi) is 5.16. The normalized spacial score (nSPS) is 14.8. The molecule has 0 aliphatic heterocycles. The highest BCUT2D eigenvalue weighted by Gasteiger charge is 2.31. The molecule has 0 heterocycles. The van der Waals surface area contributed by atoms with Crippen molar-refractivity contribution in [2.75, 3.05) is 5.32 Å². The van der Waals surface area contributed by atoms with Gasteiger partial charge in [-0.1, -0.05) is 26.3 Å². The number of nitrogens with two attached hydrogens (primary N) is 1. The fourth-order valence-electron chi connectivity index (χ4n) is 1.66. The van der Waals surface area contributed by atoms with E-state index in [4.69, 9.17) is 5.73 Å². The average Bonchev–Trinajstić information content (AvgIpc) is 2.38. The van der Waals surface area contributed by atoms with Crippen molar-refractivity contribution >= 4 is 11.6 Å². The van der Waals surface area contributed by atoms with Crippen LogP contribution in [-0.2, 0) is 11.0 Å². The Bertz CT molecular complexity index is 486. The van der Waals surface area contributed by atoms with Crippen LogP contribution >= 0.6 is 0 Å². The lowest BCUT2D eigenvalue weighted by atomic mass is 9.99. The Hall–Kier alpha value is -1.56. The van der Waals surface area contributed by atoms with Crippen molar-refractivity contribution in [3.63, 3.8) is 0 Å². The molecular formula is C14H19F3N2O. The number of anilines is 1. The third-order valence-electron chi connectivity index (χ3n) is 3.38. The predicted molar refractivity (Wildman–Crippen MR) is 72.2 cm³/mol. The molecule has 0 saturated heterocycles. The molecule has 1 amide bonds. The zero-order valence-electron chi connectivity index (χ0n) is 11.7. The molecule has 2 atom stereocenters. The van der Waals surface area contributed by atoms with Gasteiger partial charge in [0.2, 0.25) is 5.91 Å². The summed E-state index contributed by atoms with van der Waals surface area (Å²) in [5, 5.41) is 2.47. The summed E-state index contributed by atoms with van der Waals surface area (Å²) in [4.78, 5) is 11.9. The van der Waals surface area contributed by atoms with Crippen molar-refractivity contribution in [2.24, 2.45) is 11.7 Å². The molecule has 1 aromatic rings. The number of hydrogen-bond donors (Lipinski definition) is 2. The molecule has 0 fully saturated rings. The minimum absolute atomic E-state index is 0.0406. The molecule has 0 aliphatic rings. The fourth-order valence-corrected chi connectivity index (χ4v) is 1.66. The van der Waals surface area contributed by atoms with E-state index in [1.165, 1.54) is 6.07 Å². The summed E-state index contributed by atoms with van der Waals surface area (Å²) in [6, 6.07) is 2.50. The van der Waals surface area contributed by atoms with Crippen molar-refractivity contribution in [2.45, 2.75) is 39.4 Å². The largest absolute Gasteiger partial charge is 0.416 e. The van der Waals surface area contributed by atoms with Gasteiger partial charge in [-0.2, -0.15) is 13.2 Å². The number of alkyl halides is 3. The summed E-state index contributed by atoms with van der Waals surface area (Å²) in [5.41, 5.74) is 5.66. The van der Waals surface area contributed by atoms with Crippen LogP contribution in [0.25, 0.3) is 0 Å². The van der Waals surface area contributed by atoms with Crippen LogP contribution in [0.15, 0.2) is 18.2 Å². The van der Waals surface area contributed by atoms with Crippen LogP contribution in [0.4, 0.5) is 18.9 Å². The second kappa shape index (κ2) is 6.26. The molecule has 1 rings (SSSR count). The second-order valence-corrected chi connectivity index (χ2v) is 4.93. The quantitative estimate of drug-likeness (QED) is 0.893. The molecule has 0 radical (unpaired) electrons. The summed E-state index contributed by atoms with van der Waals surface area (Å²) in [5.74, 6) is -0.511. The molecule has 1 aromatic carbocycles. The number of hydrogen-bond acceptors (Lipinski definition) is 2. The van der Waals surface area contributed by atoms with Crippen molar-refractivity contribution in [3.8, 4) is 0 Å². The van der Waals surface area contributed by atoms with Crippen LogP contribution in [0, 0.1) is 12.8 Å². The summed E-state index contributed by atoms with van der Waals surface area (Å²) in [6.45, 7) is 5.35. The third-order valence-corrected chi connectivity index (χ3v) is 3.38. The Morgan fingerprint density at radius 3 is 2.50 bits per heavy atom. The van der Waals surface area contributed by atoms with Crippen molar-refractivity contribution < 1.29 is 18.0 Å². The molecular weight excluding hydrogens is 269 g/mol. The molecule has 112 valence electrons. The number of amides is 1. The van der Waals surface area contributed by atoms with Gasteiger partial charge in [0.1, 0.15) is 0 Å². The molecule has 3 N–H and O–H groups in total. The van der Waals surface area contributed by atoms with Crippen LogP contribution in [0.1, 0.15) is 31.4 Å². The van der Waals surface area contributed by atoms with Gasteiger partial charge in [0.25, 0.3) is 0 Å². The first kappa shape index (κ1) is 16.5. The Morgan fingerprint density at radius 2 is 2.00 bits per heavy atom. The van der Waals surface area contributed by atoms with E-state index in [1.807, 2.05) is 13.8 Å². The van der Waals surface area contributed by atoms with Gasteiger partial charge in [-0.25, -0.2) is 0 Å². The van der Waals surface area contributed by atoms with Crippen LogP contribution in [-0.4, -0.2) is 11.9 Å². The zero-order chi connectivity index (χ0) is 15.5. The van der Waals surface area contributed by atoms with Crippen LogP contribution in [0.3, 0.4) is 0 Å². The maximum absolute atomic E-state index is 12.6. The number of halogens is 3. The van der Waals surface area contributed by atoms with E-state index < -0.39 is 23.7 Å². The number of carbonyl (C=O) groups is 1. The number of carbonyl (C=O) groups excluding carboxylic acids is 1. The van der Waals surface area contributed by atoms with E-state index in [9.17, 15) is 18.0 Å². The van der Waals surface area contributed by atoms with Gasteiger partial charge >= 0.3 is 6.18 Å². The first-order chi connectivity index (χ1) is 9.16. The van der Waals surface area contributed by atoms with Gasteiger partial charge in [-0.15, -0.1) is 0 Å². The summed E-state index contributed by atoms with van der Waals surface area (Å²) in [6.07, 6.45) is -3.72. The van der Waals surface area contributed by atoms with Gasteiger partial charge in [0, 0.05) is 5.69 Å². The average molecular weight is 288 g/mol. The number of aryl methyl sites for hydroxylation is 1. The Labute approximate surface area is 116 Å². The lowest BCUT2D eigenvalue weighted by molar-refractivity contribution is -0.137. The van der Waals surface area contributed by atoms with Gasteiger partial charge in [0.15, 0.2) is 0 Å². The summed E-state index contributed by atoms with van der Waals surface area (Å²) < 4.78 is 37.9. The topological polar surface area (TPSA) is 55.1 Å². The van der Waals surface area contributed by atoms with E-state index in [0.29, 0.717) is 5.56 Å². The highest BCUT2D eigenvalue weighted by Crippen LogP contribution is 2.32. The summed E-state index contributed by atoms with van der Waals surface area (Å²) in [7, 11) is 0. The molecule has 0 aliphatic carbocycles. The van der Waals surface area contributed by atoms with Gasteiger partial charge in [0.05, 0.1) is 11.6 Å². The number of rotatable bonds is 4. The van der Waals surface area contributed by atoms with E-state index in [2.05, 4.69) is 5.32 Å². The van der Waals surface area contributed by atoms with E-state index in [-0.39, 0.29) is 11.6 Å². The Morgan fingerprint density at radius 1 is 1.40 bits per heavy atom. The van der Waals surface area contributed by atoms with Crippen molar-refractivity contribution in [1.82, 2.24) is 0 Å². The lowest BCUT2D eigenvalue weighted by Gasteiger charge is -2.19. The third kappa shape index (κ3) is 3.96. The van der Waals surface area contributed by atoms with Crippen molar-refractivity contribution in [3.05, 3.63) is 29.3 Å². The molecule has 3 nitrogen and oxygen atoms in total. The zero-order valence-corrected chi connectivity index (χ0v) is 11.7. The van der Waals surface area contributed by atoms with E-state index >= 15 is 0 Å². The maximum Gasteiger partial charge on any atom is 0.416 e. The van der Waals surface area contributed by atoms with E-state index in [0.717, 1.165) is 18.6 Å². The number of nitrogens with one attached hydrogen (secondary N) is 1. The number of benzene rings is 1.